The van der Waals surface area contributed by atoms with Crippen molar-refractivity contribution in [3.63, 3.8) is 0 Å². The summed E-state index contributed by atoms with van der Waals surface area (Å²) in [6, 6.07) is 0. The topological polar surface area (TPSA) is 67.1 Å². The maximum atomic E-state index is 5.25. The summed E-state index contributed by atoms with van der Waals surface area (Å²) in [6.07, 6.45) is 1.10. The second kappa shape index (κ2) is 4.87. The Kier molecular flexibility index (Phi) is 4.01. The Morgan fingerprint density at radius 2 is 2.13 bits per heavy atom. The lowest BCUT2D eigenvalue weighted by Crippen LogP contribution is -2.39. The molecule has 0 aliphatic carbocycles. The monoisotopic (exact) mass is 229 g/mol. The van der Waals surface area contributed by atoms with Crippen molar-refractivity contribution >= 4 is 16.5 Å². The van der Waals surface area contributed by atoms with E-state index in [1.807, 2.05) is 0 Å². The van der Waals surface area contributed by atoms with Crippen LogP contribution in [-0.4, -0.2) is 27.7 Å². The van der Waals surface area contributed by atoms with E-state index in [1.54, 1.807) is 0 Å². The predicted molar refractivity (Wildman–Crippen MR) is 63.6 cm³/mol. The van der Waals surface area contributed by atoms with Crippen molar-refractivity contribution in [2.45, 2.75) is 39.3 Å². The molecule has 0 saturated carbocycles. The minimum atomic E-state index is 0.183. The first-order valence-corrected chi connectivity index (χ1v) is 5.81. The molecule has 0 bridgehead atoms. The van der Waals surface area contributed by atoms with E-state index in [4.69, 9.17) is 5.84 Å². The smallest absolute Gasteiger partial charge is 0.219 e. The second-order valence-corrected chi connectivity index (χ2v) is 5.23. The molecule has 1 rings (SSSR count). The van der Waals surface area contributed by atoms with Gasteiger partial charge in [-0.3, -0.25) is 10.3 Å². The van der Waals surface area contributed by atoms with E-state index in [2.05, 4.69) is 48.3 Å². The van der Waals surface area contributed by atoms with Crippen LogP contribution in [0.1, 0.15) is 32.2 Å². The number of nitrogens with two attached hydrogens (primary N) is 1. The number of rotatable bonds is 5. The molecule has 0 aliphatic rings. The van der Waals surface area contributed by atoms with Gasteiger partial charge in [0.15, 0.2) is 0 Å². The van der Waals surface area contributed by atoms with Crippen LogP contribution in [0.2, 0.25) is 0 Å². The summed E-state index contributed by atoms with van der Waals surface area (Å²) in [5.41, 5.74) is 2.68. The minimum absolute atomic E-state index is 0.183. The number of hydrogen-bond donors (Lipinski definition) is 2. The van der Waals surface area contributed by atoms with E-state index in [0.29, 0.717) is 5.13 Å². The van der Waals surface area contributed by atoms with Crippen molar-refractivity contribution in [3.05, 3.63) is 5.01 Å². The molecule has 0 amide bonds. The van der Waals surface area contributed by atoms with E-state index in [0.717, 1.165) is 18.0 Å². The third-order valence-corrected chi connectivity index (χ3v) is 3.70. The maximum absolute atomic E-state index is 5.25. The Bertz CT molecular complexity index is 309. The van der Waals surface area contributed by atoms with Gasteiger partial charge in [0, 0.05) is 5.54 Å². The van der Waals surface area contributed by atoms with Gasteiger partial charge in [0.05, 0.1) is 6.54 Å². The number of nitrogens with zero attached hydrogens (tertiary/aromatic N) is 3. The van der Waals surface area contributed by atoms with Crippen LogP contribution in [0.25, 0.3) is 0 Å². The van der Waals surface area contributed by atoms with Crippen LogP contribution in [0.5, 0.6) is 0 Å². The zero-order valence-corrected chi connectivity index (χ0v) is 10.6. The lowest BCUT2D eigenvalue weighted by atomic mass is 10.0. The molecule has 1 heterocycles. The third-order valence-electron chi connectivity index (χ3n) is 2.86. The van der Waals surface area contributed by atoms with Gasteiger partial charge in [0.25, 0.3) is 0 Å². The van der Waals surface area contributed by atoms with Crippen molar-refractivity contribution in [3.8, 4) is 0 Å². The molecule has 1 aromatic heterocycles. The summed E-state index contributed by atoms with van der Waals surface area (Å²) in [6.45, 7) is 7.43. The van der Waals surface area contributed by atoms with Crippen molar-refractivity contribution < 1.29 is 0 Å². The van der Waals surface area contributed by atoms with Gasteiger partial charge in [-0.2, -0.15) is 0 Å². The lowest BCUT2D eigenvalue weighted by molar-refractivity contribution is 0.142. The molecular weight excluding hydrogens is 210 g/mol. The fourth-order valence-electron chi connectivity index (χ4n) is 1.06. The first-order chi connectivity index (χ1) is 6.99. The summed E-state index contributed by atoms with van der Waals surface area (Å²) < 4.78 is 0. The van der Waals surface area contributed by atoms with Crippen LogP contribution in [-0.2, 0) is 6.54 Å². The molecule has 0 saturated heterocycles. The molecule has 3 N–H and O–H groups in total. The van der Waals surface area contributed by atoms with Gasteiger partial charge >= 0.3 is 0 Å². The fourth-order valence-corrected chi connectivity index (χ4v) is 1.77. The third kappa shape index (κ3) is 3.12. The van der Waals surface area contributed by atoms with Crippen LogP contribution in [0, 0.1) is 0 Å². The van der Waals surface area contributed by atoms with Crippen LogP contribution in [0.15, 0.2) is 0 Å². The van der Waals surface area contributed by atoms with Crippen molar-refractivity contribution in [1.29, 1.82) is 0 Å². The van der Waals surface area contributed by atoms with E-state index < -0.39 is 0 Å². The first kappa shape index (κ1) is 12.4. The SMILES string of the molecule is CCC(C)(C)N(C)Cc1nnc(NN)s1. The number of nitrogen functional groups attached to an aromatic ring is 1. The summed E-state index contributed by atoms with van der Waals surface area (Å²) >= 11 is 1.49. The Morgan fingerprint density at radius 3 is 2.60 bits per heavy atom. The van der Waals surface area contributed by atoms with Crippen LogP contribution in [0.4, 0.5) is 5.13 Å². The molecule has 0 unspecified atom stereocenters. The van der Waals surface area contributed by atoms with Gasteiger partial charge in [0.2, 0.25) is 5.13 Å². The van der Waals surface area contributed by atoms with Gasteiger partial charge in [-0.25, -0.2) is 5.84 Å². The van der Waals surface area contributed by atoms with Gasteiger partial charge in [-0.1, -0.05) is 18.3 Å². The molecular formula is C9H19N5S. The molecule has 0 atom stereocenters. The molecule has 5 nitrogen and oxygen atoms in total. The lowest BCUT2D eigenvalue weighted by Gasteiger charge is -2.33. The van der Waals surface area contributed by atoms with E-state index >= 15 is 0 Å². The van der Waals surface area contributed by atoms with Gasteiger partial charge in [0.1, 0.15) is 5.01 Å². The fraction of sp³-hybridized carbons (Fsp3) is 0.778. The zero-order valence-electron chi connectivity index (χ0n) is 9.74. The van der Waals surface area contributed by atoms with Crippen LogP contribution < -0.4 is 11.3 Å². The highest BCUT2D eigenvalue weighted by atomic mass is 32.1. The molecule has 0 aromatic carbocycles. The molecule has 0 radical (unpaired) electrons. The standard InChI is InChI=1S/C9H19N5S/c1-5-9(2,3)14(4)6-7-12-13-8(11-10)15-7/h5-6,10H2,1-4H3,(H,11,13). The van der Waals surface area contributed by atoms with Crippen LogP contribution >= 0.6 is 11.3 Å². The molecule has 86 valence electrons. The van der Waals surface area contributed by atoms with Gasteiger partial charge in [-0.15, -0.1) is 10.2 Å². The molecule has 15 heavy (non-hydrogen) atoms. The maximum Gasteiger partial charge on any atom is 0.219 e. The minimum Gasteiger partial charge on any atom is -0.298 e. The van der Waals surface area contributed by atoms with E-state index in [9.17, 15) is 0 Å². The number of anilines is 1. The Morgan fingerprint density at radius 1 is 1.47 bits per heavy atom. The van der Waals surface area contributed by atoms with E-state index in [1.165, 1.54) is 11.3 Å². The van der Waals surface area contributed by atoms with E-state index in [-0.39, 0.29) is 5.54 Å². The summed E-state index contributed by atoms with van der Waals surface area (Å²) in [7, 11) is 2.10. The predicted octanol–water partition coefficient (Wildman–Crippen LogP) is 1.44. The highest BCUT2D eigenvalue weighted by Gasteiger charge is 2.22. The Labute approximate surface area is 94.7 Å². The Balaban J connectivity index is 2.61. The van der Waals surface area contributed by atoms with Gasteiger partial charge < -0.3 is 0 Å². The van der Waals surface area contributed by atoms with Crippen molar-refractivity contribution in [2.24, 2.45) is 5.84 Å². The highest BCUT2D eigenvalue weighted by molar-refractivity contribution is 7.15. The number of aromatic nitrogens is 2. The zero-order chi connectivity index (χ0) is 11.5. The molecule has 1 aromatic rings. The van der Waals surface area contributed by atoms with Crippen molar-refractivity contribution in [1.82, 2.24) is 15.1 Å². The largest absolute Gasteiger partial charge is 0.298 e. The van der Waals surface area contributed by atoms with Crippen LogP contribution in [0.3, 0.4) is 0 Å². The first-order valence-electron chi connectivity index (χ1n) is 5.00. The number of hydrazine groups is 1. The normalized spacial score (nSPS) is 12.1. The molecule has 0 spiro atoms. The summed E-state index contributed by atoms with van der Waals surface area (Å²) in [5, 5.41) is 9.60. The van der Waals surface area contributed by atoms with Gasteiger partial charge in [-0.05, 0) is 27.3 Å². The molecule has 0 fully saturated rings. The molecule has 0 aliphatic heterocycles. The Hall–Kier alpha value is -0.720. The summed E-state index contributed by atoms with van der Waals surface area (Å²) in [4.78, 5) is 2.27. The number of hydrogen-bond acceptors (Lipinski definition) is 6. The quantitative estimate of drug-likeness (QED) is 0.591. The average molecular weight is 229 g/mol. The average Bonchev–Trinajstić information content (AvgIpc) is 2.65. The second-order valence-electron chi connectivity index (χ2n) is 4.17. The van der Waals surface area contributed by atoms with Crippen molar-refractivity contribution in [2.75, 3.05) is 12.5 Å². The highest BCUT2D eigenvalue weighted by Crippen LogP contribution is 2.21. The number of nitrogens with one attached hydrogen (secondary N) is 1. The molecule has 6 heteroatoms. The summed E-state index contributed by atoms with van der Waals surface area (Å²) in [5.74, 6) is 5.25.